The highest BCUT2D eigenvalue weighted by molar-refractivity contribution is 5.73. The molecular weight excluding hydrogens is 286 g/mol. The number of hydrogen-bond acceptors (Lipinski definition) is 3. The van der Waals surface area contributed by atoms with Crippen molar-refractivity contribution in [3.05, 3.63) is 34.9 Å². The van der Waals surface area contributed by atoms with Gasteiger partial charge in [-0.1, -0.05) is 13.0 Å². The van der Waals surface area contributed by atoms with Crippen LogP contribution in [0.1, 0.15) is 37.8 Å². The molecule has 6 heteroatoms. The molecule has 0 saturated heterocycles. The van der Waals surface area contributed by atoms with E-state index in [2.05, 4.69) is 5.10 Å². The number of halogens is 2. The number of nitrogen functional groups attached to an aromatic ring is 1. The van der Waals surface area contributed by atoms with E-state index in [4.69, 9.17) is 5.73 Å². The summed E-state index contributed by atoms with van der Waals surface area (Å²) in [5.41, 5.74) is 6.22. The van der Waals surface area contributed by atoms with Crippen LogP contribution in [0.4, 0.5) is 14.6 Å². The molecule has 1 aliphatic carbocycles. The van der Waals surface area contributed by atoms with Crippen molar-refractivity contribution < 1.29 is 8.78 Å². The van der Waals surface area contributed by atoms with E-state index in [0.29, 0.717) is 12.0 Å². The van der Waals surface area contributed by atoms with Gasteiger partial charge in [0, 0.05) is 5.56 Å². The lowest BCUT2D eigenvalue weighted by Gasteiger charge is -2.10. The molecule has 0 radical (unpaired) electrons. The quantitative estimate of drug-likeness (QED) is 0.945. The van der Waals surface area contributed by atoms with Crippen molar-refractivity contribution >= 4 is 5.82 Å². The van der Waals surface area contributed by atoms with Crippen molar-refractivity contribution in [1.82, 2.24) is 9.78 Å². The Morgan fingerprint density at radius 1 is 1.36 bits per heavy atom. The fourth-order valence-corrected chi connectivity index (χ4v) is 2.58. The maximum absolute atomic E-state index is 14.3. The molecule has 4 nitrogen and oxygen atoms in total. The van der Waals surface area contributed by atoms with Crippen molar-refractivity contribution in [3.63, 3.8) is 0 Å². The second-order valence-electron chi connectivity index (χ2n) is 5.88. The normalized spacial score (nSPS) is 15.6. The molecule has 1 fully saturated rings. The van der Waals surface area contributed by atoms with Gasteiger partial charge in [0.2, 0.25) is 0 Å². The monoisotopic (exact) mass is 302 g/mol. The Kier molecular flexibility index (Phi) is 3.17. The number of aromatic nitrogens is 2. The number of anilines is 1. The van der Waals surface area contributed by atoms with Gasteiger partial charge in [-0.3, -0.25) is 0 Å². The summed E-state index contributed by atoms with van der Waals surface area (Å²) < 4.78 is 29.9. The number of nitriles is 1. The Bertz CT molecular complexity index is 797. The zero-order valence-electron chi connectivity index (χ0n) is 12.5. The molecule has 114 valence electrons. The number of nitrogens with zero attached hydrogens (tertiary/aromatic N) is 3. The summed E-state index contributed by atoms with van der Waals surface area (Å²) >= 11 is 0. The van der Waals surface area contributed by atoms with Gasteiger partial charge in [0.05, 0.1) is 5.54 Å². The molecule has 0 atom stereocenters. The van der Waals surface area contributed by atoms with Crippen LogP contribution in [0.3, 0.4) is 0 Å². The average molecular weight is 302 g/mol. The fraction of sp³-hybridized carbons (Fsp3) is 0.375. The van der Waals surface area contributed by atoms with Crippen LogP contribution in [0, 0.1) is 23.0 Å². The average Bonchev–Trinajstić information content (AvgIpc) is 3.15. The summed E-state index contributed by atoms with van der Waals surface area (Å²) in [5.74, 6) is -1.67. The predicted molar refractivity (Wildman–Crippen MR) is 79.0 cm³/mol. The lowest BCUT2D eigenvalue weighted by atomic mass is 10.0. The van der Waals surface area contributed by atoms with Gasteiger partial charge in [-0.15, -0.1) is 0 Å². The van der Waals surface area contributed by atoms with Crippen LogP contribution in [-0.2, 0) is 12.0 Å². The van der Waals surface area contributed by atoms with Crippen LogP contribution in [0.25, 0.3) is 11.3 Å². The van der Waals surface area contributed by atoms with Crippen molar-refractivity contribution in [1.29, 1.82) is 5.26 Å². The largest absolute Gasteiger partial charge is 0.383 e. The lowest BCUT2D eigenvalue weighted by molar-refractivity contribution is 0.479. The standard InChI is InChI=1S/C16H16F2N4/c1-3-9-4-5-10(13(18)12(9)17)14-11(8-19)15(20)22(21-14)16(2)6-7-16/h4-5H,3,6-7,20H2,1-2H3. The van der Waals surface area contributed by atoms with Crippen molar-refractivity contribution in [2.45, 2.75) is 38.6 Å². The molecule has 1 aliphatic rings. The molecule has 0 amide bonds. The Morgan fingerprint density at radius 2 is 2.05 bits per heavy atom. The number of rotatable bonds is 3. The highest BCUT2D eigenvalue weighted by Crippen LogP contribution is 2.45. The van der Waals surface area contributed by atoms with E-state index in [9.17, 15) is 14.0 Å². The molecule has 0 bridgehead atoms. The maximum Gasteiger partial charge on any atom is 0.168 e. The first-order chi connectivity index (χ1) is 10.4. The molecule has 22 heavy (non-hydrogen) atoms. The summed E-state index contributed by atoms with van der Waals surface area (Å²) in [7, 11) is 0. The molecule has 2 N–H and O–H groups in total. The van der Waals surface area contributed by atoms with E-state index >= 15 is 0 Å². The van der Waals surface area contributed by atoms with Gasteiger partial charge in [0.1, 0.15) is 23.1 Å². The summed E-state index contributed by atoms with van der Waals surface area (Å²) in [6, 6.07) is 4.94. The first-order valence-electron chi connectivity index (χ1n) is 7.19. The summed E-state index contributed by atoms with van der Waals surface area (Å²) in [4.78, 5) is 0. The molecule has 1 saturated carbocycles. The Morgan fingerprint density at radius 3 is 2.59 bits per heavy atom. The molecule has 0 aliphatic heterocycles. The molecule has 1 aromatic heterocycles. The lowest BCUT2D eigenvalue weighted by Crippen LogP contribution is -2.16. The molecule has 3 rings (SSSR count). The van der Waals surface area contributed by atoms with E-state index in [1.165, 1.54) is 12.1 Å². The molecule has 1 aromatic carbocycles. The van der Waals surface area contributed by atoms with Crippen molar-refractivity contribution in [2.75, 3.05) is 5.73 Å². The zero-order valence-corrected chi connectivity index (χ0v) is 12.5. The highest BCUT2D eigenvalue weighted by Gasteiger charge is 2.43. The first-order valence-corrected chi connectivity index (χ1v) is 7.19. The van der Waals surface area contributed by atoms with Crippen molar-refractivity contribution in [3.8, 4) is 17.3 Å². The van der Waals surface area contributed by atoms with Crippen molar-refractivity contribution in [2.24, 2.45) is 0 Å². The summed E-state index contributed by atoms with van der Waals surface area (Å²) in [6.07, 6.45) is 2.19. The van der Waals surface area contributed by atoms with E-state index in [-0.39, 0.29) is 28.2 Å². The summed E-state index contributed by atoms with van der Waals surface area (Å²) in [6.45, 7) is 3.72. The van der Waals surface area contributed by atoms with Gasteiger partial charge < -0.3 is 5.73 Å². The van der Waals surface area contributed by atoms with E-state index < -0.39 is 11.6 Å². The molecule has 1 heterocycles. The predicted octanol–water partition coefficient (Wildman–Crippen LogP) is 3.35. The second-order valence-corrected chi connectivity index (χ2v) is 5.88. The van der Waals surface area contributed by atoms with Gasteiger partial charge in [0.15, 0.2) is 11.6 Å². The highest BCUT2D eigenvalue weighted by atomic mass is 19.2. The molecule has 2 aromatic rings. The van der Waals surface area contributed by atoms with Crippen LogP contribution in [0.5, 0.6) is 0 Å². The van der Waals surface area contributed by atoms with Gasteiger partial charge >= 0.3 is 0 Å². The topological polar surface area (TPSA) is 67.6 Å². The number of aryl methyl sites for hydroxylation is 1. The van der Waals surface area contributed by atoms with Gasteiger partial charge in [-0.05, 0) is 37.8 Å². The Hall–Kier alpha value is -2.42. The first kappa shape index (κ1) is 14.5. The van der Waals surface area contributed by atoms with Crippen LogP contribution in [-0.4, -0.2) is 9.78 Å². The van der Waals surface area contributed by atoms with Crippen LogP contribution in [0.2, 0.25) is 0 Å². The molecular formula is C16H16F2N4. The number of nitrogens with two attached hydrogens (primary N) is 1. The molecule has 0 spiro atoms. The van der Waals surface area contributed by atoms with Gasteiger partial charge in [0.25, 0.3) is 0 Å². The van der Waals surface area contributed by atoms with Crippen LogP contribution in [0.15, 0.2) is 12.1 Å². The SMILES string of the molecule is CCc1ccc(-c2nn(C3(C)CC3)c(N)c2C#N)c(F)c1F. The van der Waals surface area contributed by atoms with E-state index in [1.54, 1.807) is 11.6 Å². The molecule has 0 unspecified atom stereocenters. The van der Waals surface area contributed by atoms with Crippen LogP contribution >= 0.6 is 0 Å². The smallest absolute Gasteiger partial charge is 0.168 e. The Labute approximate surface area is 127 Å². The fourth-order valence-electron chi connectivity index (χ4n) is 2.58. The zero-order chi connectivity index (χ0) is 16.1. The third kappa shape index (κ3) is 1.97. The summed E-state index contributed by atoms with van der Waals surface area (Å²) in [5, 5.41) is 13.6. The third-order valence-corrected chi connectivity index (χ3v) is 4.32. The minimum absolute atomic E-state index is 0.0269. The van der Waals surface area contributed by atoms with Crippen LogP contribution < -0.4 is 5.73 Å². The number of hydrogen-bond donors (Lipinski definition) is 1. The third-order valence-electron chi connectivity index (χ3n) is 4.32. The maximum atomic E-state index is 14.3. The van der Waals surface area contributed by atoms with Gasteiger partial charge in [-0.25, -0.2) is 13.5 Å². The minimum atomic E-state index is -0.985. The Balaban J connectivity index is 2.21. The second kappa shape index (κ2) is 4.80. The number of benzene rings is 1. The van der Waals surface area contributed by atoms with E-state index in [0.717, 1.165) is 12.8 Å². The van der Waals surface area contributed by atoms with Gasteiger partial charge in [-0.2, -0.15) is 10.4 Å². The minimum Gasteiger partial charge on any atom is -0.383 e. The van der Waals surface area contributed by atoms with E-state index in [1.807, 2.05) is 13.0 Å².